The molecule has 3 rings (SSSR count). The minimum Gasteiger partial charge on any atom is -0.378 e. The van der Waals surface area contributed by atoms with E-state index in [-0.39, 0.29) is 0 Å². The van der Waals surface area contributed by atoms with Crippen molar-refractivity contribution >= 4 is 38.6 Å². The van der Waals surface area contributed by atoms with Gasteiger partial charge in [-0.3, -0.25) is 0 Å². The third-order valence-corrected chi connectivity index (χ3v) is 5.92. The van der Waals surface area contributed by atoms with E-state index in [1.54, 1.807) is 29.8 Å². The SMILES string of the molecule is COCc1nc(-c2cc(Br)cs2)sc1CNC1CC1. The highest BCUT2D eigenvalue weighted by atomic mass is 79.9. The summed E-state index contributed by atoms with van der Waals surface area (Å²) in [4.78, 5) is 7.24. The molecular formula is C13H15BrN2OS2. The van der Waals surface area contributed by atoms with Crippen molar-refractivity contribution in [3.05, 3.63) is 26.5 Å². The van der Waals surface area contributed by atoms with Gasteiger partial charge in [-0.15, -0.1) is 22.7 Å². The number of ether oxygens (including phenoxy) is 1. The average molecular weight is 359 g/mol. The molecule has 1 fully saturated rings. The summed E-state index contributed by atoms with van der Waals surface area (Å²) in [5.41, 5.74) is 1.07. The third kappa shape index (κ3) is 3.44. The summed E-state index contributed by atoms with van der Waals surface area (Å²) in [5, 5.41) is 6.74. The monoisotopic (exact) mass is 358 g/mol. The Bertz CT molecular complexity index is 563. The Morgan fingerprint density at radius 2 is 2.37 bits per heavy atom. The van der Waals surface area contributed by atoms with E-state index in [4.69, 9.17) is 9.72 Å². The summed E-state index contributed by atoms with van der Waals surface area (Å²) in [6.45, 7) is 1.50. The van der Waals surface area contributed by atoms with Gasteiger partial charge in [0, 0.05) is 34.4 Å². The van der Waals surface area contributed by atoms with Gasteiger partial charge in [0.25, 0.3) is 0 Å². The molecule has 0 radical (unpaired) electrons. The molecule has 0 atom stereocenters. The number of methoxy groups -OCH3 is 1. The van der Waals surface area contributed by atoms with Gasteiger partial charge in [-0.2, -0.15) is 0 Å². The minimum absolute atomic E-state index is 0.588. The maximum atomic E-state index is 5.26. The zero-order valence-corrected chi connectivity index (χ0v) is 13.8. The van der Waals surface area contributed by atoms with Crippen molar-refractivity contribution in [3.8, 4) is 9.88 Å². The van der Waals surface area contributed by atoms with E-state index < -0.39 is 0 Å². The Kier molecular flexibility index (Phi) is 4.34. The molecule has 0 amide bonds. The first-order valence-electron chi connectivity index (χ1n) is 6.21. The molecule has 3 nitrogen and oxygen atoms in total. The molecule has 0 saturated heterocycles. The van der Waals surface area contributed by atoms with E-state index in [9.17, 15) is 0 Å². The van der Waals surface area contributed by atoms with Crippen LogP contribution in [-0.4, -0.2) is 18.1 Å². The first-order chi connectivity index (χ1) is 9.26. The van der Waals surface area contributed by atoms with Gasteiger partial charge in [0.15, 0.2) is 0 Å². The van der Waals surface area contributed by atoms with Crippen LogP contribution in [0.25, 0.3) is 9.88 Å². The molecule has 6 heteroatoms. The summed E-state index contributed by atoms with van der Waals surface area (Å²) >= 11 is 6.98. The van der Waals surface area contributed by atoms with E-state index in [2.05, 4.69) is 32.7 Å². The van der Waals surface area contributed by atoms with E-state index in [0.717, 1.165) is 27.8 Å². The van der Waals surface area contributed by atoms with Gasteiger partial charge in [-0.25, -0.2) is 4.98 Å². The summed E-state index contributed by atoms with van der Waals surface area (Å²) < 4.78 is 6.38. The molecule has 102 valence electrons. The van der Waals surface area contributed by atoms with Crippen molar-refractivity contribution < 1.29 is 4.74 Å². The average Bonchev–Trinajstić information content (AvgIpc) is 2.99. The number of rotatable bonds is 6. The fourth-order valence-corrected chi connectivity index (χ4v) is 4.33. The molecule has 1 aliphatic carbocycles. The predicted molar refractivity (Wildman–Crippen MR) is 83.7 cm³/mol. The summed E-state index contributed by atoms with van der Waals surface area (Å²) in [6.07, 6.45) is 2.62. The van der Waals surface area contributed by atoms with E-state index in [1.165, 1.54) is 22.6 Å². The number of hydrogen-bond donors (Lipinski definition) is 1. The van der Waals surface area contributed by atoms with E-state index in [0.29, 0.717) is 6.61 Å². The van der Waals surface area contributed by atoms with Crippen LogP contribution in [0.15, 0.2) is 15.9 Å². The zero-order valence-electron chi connectivity index (χ0n) is 10.6. The van der Waals surface area contributed by atoms with Gasteiger partial charge < -0.3 is 10.1 Å². The molecule has 0 spiro atoms. The van der Waals surface area contributed by atoms with Crippen LogP contribution in [-0.2, 0) is 17.9 Å². The summed E-state index contributed by atoms with van der Waals surface area (Å²) in [6, 6.07) is 2.84. The van der Waals surface area contributed by atoms with Crippen LogP contribution < -0.4 is 5.32 Å². The van der Waals surface area contributed by atoms with Crippen molar-refractivity contribution in [2.75, 3.05) is 7.11 Å². The van der Waals surface area contributed by atoms with Gasteiger partial charge in [-0.1, -0.05) is 0 Å². The Morgan fingerprint density at radius 1 is 1.53 bits per heavy atom. The van der Waals surface area contributed by atoms with Gasteiger partial charge in [0.1, 0.15) is 5.01 Å². The lowest BCUT2D eigenvalue weighted by Gasteiger charge is -2.02. The Labute approximate surface area is 129 Å². The highest BCUT2D eigenvalue weighted by molar-refractivity contribution is 9.10. The standard InChI is InChI=1S/C13H15BrN2OS2/c1-17-6-10-12(5-15-9-2-3-9)19-13(16-10)11-4-8(14)7-18-11/h4,7,9,15H,2-3,5-6H2,1H3. The second kappa shape index (κ2) is 6.01. The lowest BCUT2D eigenvalue weighted by atomic mass is 10.3. The molecule has 0 unspecified atom stereocenters. The lowest BCUT2D eigenvalue weighted by molar-refractivity contribution is 0.181. The highest BCUT2D eigenvalue weighted by Crippen LogP contribution is 2.34. The number of thiazole rings is 1. The number of nitrogens with one attached hydrogen (secondary N) is 1. The second-order valence-corrected chi connectivity index (χ2v) is 7.52. The van der Waals surface area contributed by atoms with Crippen molar-refractivity contribution in [1.82, 2.24) is 10.3 Å². The Balaban J connectivity index is 1.81. The molecule has 0 bridgehead atoms. The Morgan fingerprint density at radius 3 is 3.00 bits per heavy atom. The number of nitrogens with zero attached hydrogens (tertiary/aromatic N) is 1. The van der Waals surface area contributed by atoms with E-state index >= 15 is 0 Å². The topological polar surface area (TPSA) is 34.1 Å². The minimum atomic E-state index is 0.588. The maximum Gasteiger partial charge on any atom is 0.134 e. The molecule has 1 aliphatic rings. The van der Waals surface area contributed by atoms with E-state index in [1.807, 2.05) is 0 Å². The molecule has 19 heavy (non-hydrogen) atoms. The molecule has 2 aromatic rings. The molecule has 1 N–H and O–H groups in total. The largest absolute Gasteiger partial charge is 0.378 e. The normalized spacial score (nSPS) is 15.1. The number of halogens is 1. The highest BCUT2D eigenvalue weighted by Gasteiger charge is 2.22. The quantitative estimate of drug-likeness (QED) is 0.846. The van der Waals surface area contributed by atoms with Crippen molar-refractivity contribution in [2.45, 2.75) is 32.0 Å². The number of hydrogen-bond acceptors (Lipinski definition) is 5. The van der Waals surface area contributed by atoms with Crippen LogP contribution in [0.3, 0.4) is 0 Å². The Hall–Kier alpha value is -0.270. The molecule has 0 aromatic carbocycles. The molecule has 2 heterocycles. The van der Waals surface area contributed by atoms with Gasteiger partial charge in [0.05, 0.1) is 17.2 Å². The van der Waals surface area contributed by atoms with Gasteiger partial charge in [0.2, 0.25) is 0 Å². The smallest absolute Gasteiger partial charge is 0.134 e. The van der Waals surface area contributed by atoms with Crippen LogP contribution >= 0.6 is 38.6 Å². The van der Waals surface area contributed by atoms with Crippen molar-refractivity contribution in [3.63, 3.8) is 0 Å². The maximum absolute atomic E-state index is 5.26. The van der Waals surface area contributed by atoms with Crippen LogP contribution in [0.5, 0.6) is 0 Å². The predicted octanol–water partition coefficient (Wildman–Crippen LogP) is 4.03. The van der Waals surface area contributed by atoms with Crippen molar-refractivity contribution in [2.24, 2.45) is 0 Å². The number of aromatic nitrogens is 1. The second-order valence-electron chi connectivity index (χ2n) is 4.61. The number of thiophene rings is 1. The van der Waals surface area contributed by atoms with Gasteiger partial charge >= 0.3 is 0 Å². The van der Waals surface area contributed by atoms with Crippen LogP contribution in [0, 0.1) is 0 Å². The first kappa shape index (κ1) is 13.7. The fourth-order valence-electron chi connectivity index (χ4n) is 1.83. The van der Waals surface area contributed by atoms with Crippen LogP contribution in [0.1, 0.15) is 23.4 Å². The summed E-state index contributed by atoms with van der Waals surface area (Å²) in [7, 11) is 1.72. The first-order valence-corrected chi connectivity index (χ1v) is 8.70. The summed E-state index contributed by atoms with van der Waals surface area (Å²) in [5.74, 6) is 0. The molecular weight excluding hydrogens is 344 g/mol. The molecule has 0 aliphatic heterocycles. The molecule has 1 saturated carbocycles. The van der Waals surface area contributed by atoms with Crippen LogP contribution in [0.4, 0.5) is 0 Å². The van der Waals surface area contributed by atoms with Crippen LogP contribution in [0.2, 0.25) is 0 Å². The lowest BCUT2D eigenvalue weighted by Crippen LogP contribution is -2.15. The fraction of sp³-hybridized carbons (Fsp3) is 0.462. The van der Waals surface area contributed by atoms with Gasteiger partial charge in [-0.05, 0) is 34.8 Å². The van der Waals surface area contributed by atoms with Crippen molar-refractivity contribution in [1.29, 1.82) is 0 Å². The zero-order chi connectivity index (χ0) is 13.2. The third-order valence-electron chi connectivity index (χ3n) is 2.97. The molecule has 2 aromatic heterocycles.